The molecule has 30 heavy (non-hydrogen) atoms. The first-order chi connectivity index (χ1) is 14.1. The van der Waals surface area contributed by atoms with Crippen LogP contribution in [0.4, 0.5) is 5.69 Å². The number of carbonyl (C=O) groups is 2. The lowest BCUT2D eigenvalue weighted by atomic mass is 10.1. The molecule has 1 aliphatic heterocycles. The molecule has 1 fully saturated rings. The minimum absolute atomic E-state index is 0.0614. The summed E-state index contributed by atoms with van der Waals surface area (Å²) in [7, 11) is -3.69. The summed E-state index contributed by atoms with van der Waals surface area (Å²) in [4.78, 5) is 23.8. The van der Waals surface area contributed by atoms with Gasteiger partial charge in [-0.1, -0.05) is 6.07 Å². The third-order valence-corrected chi connectivity index (χ3v) is 6.72. The van der Waals surface area contributed by atoms with E-state index in [0.717, 1.165) is 0 Å². The molecule has 2 aromatic rings. The van der Waals surface area contributed by atoms with Crippen LogP contribution in [-0.4, -0.2) is 55.0 Å². The zero-order valence-corrected chi connectivity index (χ0v) is 17.8. The fourth-order valence-electron chi connectivity index (χ4n) is 3.34. The number of carboxylic acids is 1. The Morgan fingerprint density at radius 1 is 1.03 bits per heavy atom. The minimum atomic E-state index is -3.69. The van der Waals surface area contributed by atoms with Crippen LogP contribution < -0.4 is 5.32 Å². The highest BCUT2D eigenvalue weighted by atomic mass is 32.2. The smallest absolute Gasteiger partial charge is 0.335 e. The quantitative estimate of drug-likeness (QED) is 0.751. The predicted molar refractivity (Wildman–Crippen MR) is 111 cm³/mol. The summed E-state index contributed by atoms with van der Waals surface area (Å²) in [5.41, 5.74) is 1.42. The summed E-state index contributed by atoms with van der Waals surface area (Å²) in [6.45, 7) is 5.95. The number of hydrogen-bond donors (Lipinski definition) is 2. The van der Waals surface area contributed by atoms with Crippen LogP contribution in [0.3, 0.4) is 0 Å². The van der Waals surface area contributed by atoms with Gasteiger partial charge in [-0.05, 0) is 62.7 Å². The van der Waals surface area contributed by atoms with Gasteiger partial charge in [0.1, 0.15) is 0 Å². The van der Waals surface area contributed by atoms with Gasteiger partial charge in [0, 0.05) is 24.3 Å². The number of carbonyl (C=O) groups excluding carboxylic acids is 1. The van der Waals surface area contributed by atoms with E-state index >= 15 is 0 Å². The Kier molecular flexibility index (Phi) is 6.25. The molecule has 2 N–H and O–H groups in total. The van der Waals surface area contributed by atoms with E-state index in [2.05, 4.69) is 5.32 Å². The summed E-state index contributed by atoms with van der Waals surface area (Å²) in [6.07, 6.45) is -0.392. The van der Waals surface area contributed by atoms with Crippen molar-refractivity contribution in [1.82, 2.24) is 4.31 Å². The van der Waals surface area contributed by atoms with E-state index in [1.54, 1.807) is 13.0 Å². The van der Waals surface area contributed by atoms with Crippen LogP contribution in [-0.2, 0) is 14.8 Å². The largest absolute Gasteiger partial charge is 0.478 e. The average Bonchev–Trinajstić information content (AvgIpc) is 2.68. The van der Waals surface area contributed by atoms with Gasteiger partial charge in [-0.2, -0.15) is 4.31 Å². The number of sulfonamides is 1. The second-order valence-electron chi connectivity index (χ2n) is 7.39. The van der Waals surface area contributed by atoms with Crippen molar-refractivity contribution in [2.45, 2.75) is 37.9 Å². The van der Waals surface area contributed by atoms with Crippen LogP contribution in [0.25, 0.3) is 0 Å². The second kappa shape index (κ2) is 8.55. The van der Waals surface area contributed by atoms with Gasteiger partial charge in [0.05, 0.1) is 22.7 Å². The van der Waals surface area contributed by atoms with E-state index < -0.39 is 21.9 Å². The number of aromatic carboxylic acids is 1. The van der Waals surface area contributed by atoms with Gasteiger partial charge in [0.25, 0.3) is 5.91 Å². The number of amides is 1. The highest BCUT2D eigenvalue weighted by Crippen LogP contribution is 2.22. The van der Waals surface area contributed by atoms with Crippen LogP contribution in [0.5, 0.6) is 0 Å². The highest BCUT2D eigenvalue weighted by molar-refractivity contribution is 7.89. The first kappa shape index (κ1) is 21.9. The molecule has 0 aromatic heterocycles. The number of carboxylic acid groups (broad SMARTS) is 1. The Morgan fingerprint density at radius 3 is 2.17 bits per heavy atom. The molecule has 0 radical (unpaired) electrons. The van der Waals surface area contributed by atoms with Crippen LogP contribution >= 0.6 is 0 Å². The topological polar surface area (TPSA) is 113 Å². The van der Waals surface area contributed by atoms with E-state index in [-0.39, 0.29) is 41.3 Å². The van der Waals surface area contributed by atoms with Gasteiger partial charge >= 0.3 is 5.97 Å². The van der Waals surface area contributed by atoms with Crippen LogP contribution in [0.1, 0.15) is 40.1 Å². The first-order valence-corrected chi connectivity index (χ1v) is 10.9. The minimum Gasteiger partial charge on any atom is -0.478 e. The molecule has 0 unspecified atom stereocenters. The van der Waals surface area contributed by atoms with Crippen molar-refractivity contribution in [1.29, 1.82) is 0 Å². The lowest BCUT2D eigenvalue weighted by molar-refractivity contribution is -0.0440. The summed E-state index contributed by atoms with van der Waals surface area (Å²) in [5, 5.41) is 11.8. The van der Waals surface area contributed by atoms with Crippen molar-refractivity contribution < 1.29 is 27.9 Å². The van der Waals surface area contributed by atoms with Crippen molar-refractivity contribution in [3.63, 3.8) is 0 Å². The highest BCUT2D eigenvalue weighted by Gasteiger charge is 2.32. The normalized spacial score (nSPS) is 20.0. The molecule has 160 valence electrons. The van der Waals surface area contributed by atoms with Crippen molar-refractivity contribution in [3.8, 4) is 0 Å². The molecule has 0 bridgehead atoms. The van der Waals surface area contributed by atoms with Crippen molar-refractivity contribution >= 4 is 27.6 Å². The van der Waals surface area contributed by atoms with Gasteiger partial charge < -0.3 is 15.2 Å². The Bertz CT molecular complexity index is 1060. The Hall–Kier alpha value is -2.75. The van der Waals surface area contributed by atoms with Gasteiger partial charge in [-0.15, -0.1) is 0 Å². The first-order valence-electron chi connectivity index (χ1n) is 9.49. The molecule has 1 aliphatic rings. The van der Waals surface area contributed by atoms with E-state index in [1.807, 2.05) is 13.8 Å². The molecule has 0 spiro atoms. The maximum Gasteiger partial charge on any atom is 0.335 e. The number of hydrogen-bond acceptors (Lipinski definition) is 5. The molecule has 0 aliphatic carbocycles. The molecular formula is C21H24N2O6S. The van der Waals surface area contributed by atoms with E-state index in [1.165, 1.54) is 40.7 Å². The number of anilines is 1. The number of benzene rings is 2. The van der Waals surface area contributed by atoms with Crippen molar-refractivity contribution in [3.05, 3.63) is 59.2 Å². The Labute approximate surface area is 175 Å². The zero-order valence-electron chi connectivity index (χ0n) is 17.0. The second-order valence-corrected chi connectivity index (χ2v) is 9.33. The molecule has 9 heteroatoms. The summed E-state index contributed by atoms with van der Waals surface area (Å²) < 4.78 is 32.8. The van der Waals surface area contributed by atoms with Crippen LogP contribution in [0, 0.1) is 6.92 Å². The lowest BCUT2D eigenvalue weighted by Crippen LogP contribution is -2.48. The molecule has 8 nitrogen and oxygen atoms in total. The number of ether oxygens (including phenoxy) is 1. The maximum atomic E-state index is 12.9. The third-order valence-electron chi connectivity index (χ3n) is 4.87. The van der Waals surface area contributed by atoms with Gasteiger partial charge in [0.15, 0.2) is 0 Å². The summed E-state index contributed by atoms with van der Waals surface area (Å²) >= 11 is 0. The summed E-state index contributed by atoms with van der Waals surface area (Å²) in [6, 6.07) is 10.1. The molecule has 1 saturated heterocycles. The number of rotatable bonds is 5. The van der Waals surface area contributed by atoms with Gasteiger partial charge in [-0.25, -0.2) is 13.2 Å². The van der Waals surface area contributed by atoms with Crippen molar-refractivity contribution in [2.24, 2.45) is 0 Å². The third kappa shape index (κ3) is 4.69. The number of aryl methyl sites for hydroxylation is 1. The van der Waals surface area contributed by atoms with E-state index in [9.17, 15) is 18.0 Å². The monoisotopic (exact) mass is 432 g/mol. The molecule has 0 saturated carbocycles. The summed E-state index contributed by atoms with van der Waals surface area (Å²) in [5.74, 6) is -1.55. The zero-order chi connectivity index (χ0) is 22.1. The maximum absolute atomic E-state index is 12.9. The van der Waals surface area contributed by atoms with E-state index in [0.29, 0.717) is 11.3 Å². The fraction of sp³-hybridized carbons (Fsp3) is 0.333. The molecule has 2 atom stereocenters. The number of nitrogens with one attached hydrogen (secondary N) is 1. The van der Waals surface area contributed by atoms with E-state index in [4.69, 9.17) is 9.84 Å². The fourth-order valence-corrected chi connectivity index (χ4v) is 4.93. The number of morpholine rings is 1. The van der Waals surface area contributed by atoms with Gasteiger partial charge in [-0.3, -0.25) is 4.79 Å². The molecule has 3 rings (SSSR count). The SMILES string of the molecule is Cc1ccc(C(=O)O)cc1NC(=O)c1ccc(S(=O)(=O)N2C[C@H](C)O[C@@H](C)C2)cc1. The van der Waals surface area contributed by atoms with Crippen LogP contribution in [0.15, 0.2) is 47.4 Å². The molecule has 1 amide bonds. The lowest BCUT2D eigenvalue weighted by Gasteiger charge is -2.34. The van der Waals surface area contributed by atoms with Gasteiger partial charge in [0.2, 0.25) is 10.0 Å². The predicted octanol–water partition coefficient (Wildman–Crippen LogP) is 2.74. The Balaban J connectivity index is 1.78. The Morgan fingerprint density at radius 2 is 1.60 bits per heavy atom. The van der Waals surface area contributed by atoms with Crippen LogP contribution in [0.2, 0.25) is 0 Å². The molecule has 1 heterocycles. The molecular weight excluding hydrogens is 408 g/mol. The standard InChI is InChI=1S/C21H24N2O6S/c1-13-4-5-17(21(25)26)10-19(13)22-20(24)16-6-8-18(9-7-16)30(27,28)23-11-14(2)29-15(3)12-23/h4-10,14-15H,11-12H2,1-3H3,(H,22,24)(H,25,26)/t14-,15-/m0/s1. The van der Waals surface area contributed by atoms with Crippen molar-refractivity contribution in [2.75, 3.05) is 18.4 Å². The molecule has 2 aromatic carbocycles. The number of nitrogens with zero attached hydrogens (tertiary/aromatic N) is 1. The average molecular weight is 432 g/mol.